The van der Waals surface area contributed by atoms with Crippen molar-refractivity contribution in [2.75, 3.05) is 16.8 Å². The molecule has 1 aliphatic rings. The Morgan fingerprint density at radius 2 is 0.449 bits per heavy atom. The van der Waals surface area contributed by atoms with E-state index in [4.69, 9.17) is 4.74 Å². The summed E-state index contributed by atoms with van der Waals surface area (Å²) in [5.41, 5.74) is 35.0. The molecule has 0 saturated carbocycles. The Morgan fingerprint density at radius 1 is 0.211 bits per heavy atom. The zero-order chi connectivity index (χ0) is 100. The number of aromatic nitrogens is 9. The molecule has 0 N–H and O–H groups in total. The van der Waals surface area contributed by atoms with E-state index in [2.05, 4.69) is 543 Å². The molecule has 0 unspecified atom stereocenters. The summed E-state index contributed by atoms with van der Waals surface area (Å²) in [6, 6.07) is 155. The molecule has 0 aliphatic carbocycles. The molecule has 0 atom stereocenters. The van der Waals surface area contributed by atoms with Crippen LogP contribution in [0, 0.1) is 13.8 Å². The molecule has 10 heterocycles. The van der Waals surface area contributed by atoms with E-state index in [0.717, 1.165) is 22.9 Å². The molecule has 29 rings (SSSR count). The molecule has 9 aromatic heterocycles. The Morgan fingerprint density at radius 3 is 0.776 bits per heavy atom. The van der Waals surface area contributed by atoms with Crippen molar-refractivity contribution in [1.29, 1.82) is 0 Å². The van der Waals surface area contributed by atoms with E-state index in [-0.39, 0.29) is 10.8 Å². The predicted molar refractivity (Wildman–Crippen MR) is 626 cm³/mol. The Labute approximate surface area is 855 Å². The molecule has 19 aromatic carbocycles. The van der Waals surface area contributed by atoms with Crippen LogP contribution in [0.1, 0.15) is 63.8 Å². The second-order valence-electron chi connectivity index (χ2n) is 41.2. The van der Waals surface area contributed by atoms with Crippen LogP contribution < -0.4 is 14.5 Å². The Bertz CT molecular complexity index is 9460. The van der Waals surface area contributed by atoms with Crippen molar-refractivity contribution >= 4 is 203 Å². The summed E-state index contributed by atoms with van der Waals surface area (Å²) in [6.07, 6.45) is 3.76. The lowest BCUT2D eigenvalue weighted by Crippen LogP contribution is -2.15. The van der Waals surface area contributed by atoms with E-state index < -0.39 is 0 Å². The van der Waals surface area contributed by atoms with Crippen molar-refractivity contribution in [1.82, 2.24) is 41.5 Å². The molecule has 12 nitrogen and oxygen atoms in total. The van der Waals surface area contributed by atoms with Crippen molar-refractivity contribution in [3.05, 3.63) is 465 Å². The first-order valence-corrected chi connectivity index (χ1v) is 50.8. The lowest BCUT2D eigenvalue weighted by atomic mass is 9.85. The lowest BCUT2D eigenvalue weighted by Gasteiger charge is -2.29. The number of anilines is 5. The quantitative estimate of drug-likeness (QED) is 0.166. The van der Waals surface area contributed by atoms with E-state index in [1.54, 1.807) is 0 Å². The zero-order valence-corrected chi connectivity index (χ0v) is 85.5. The van der Waals surface area contributed by atoms with Gasteiger partial charge >= 0.3 is 0 Å². The highest BCUT2D eigenvalue weighted by Gasteiger charge is 2.26. The van der Waals surface area contributed by atoms with Gasteiger partial charge in [-0.25, -0.2) is 0 Å². The number of benzene rings is 19. The first kappa shape index (κ1) is 91.6. The topological polar surface area (TPSA) is 68.0 Å². The van der Waals surface area contributed by atoms with E-state index in [0.29, 0.717) is 0 Å². The number of aryl methyl sites for hydroxylation is 7. The van der Waals surface area contributed by atoms with Crippen LogP contribution in [0.2, 0.25) is 0 Å². The van der Waals surface area contributed by atoms with Crippen molar-refractivity contribution in [3.8, 4) is 28.6 Å². The fourth-order valence-electron chi connectivity index (χ4n) is 22.6. The number of fused-ring (bicyclic) bond motifs is 26. The predicted octanol–water partition coefficient (Wildman–Crippen LogP) is 35.6. The molecule has 716 valence electrons. The summed E-state index contributed by atoms with van der Waals surface area (Å²) in [5, 5.41) is 20.7. The molecule has 28 aromatic rings. The number of ether oxygens (including phenoxy) is 1. The number of nitrogens with zero attached hydrogens (tertiary/aromatic N) is 11. The smallest absolute Gasteiger partial charge is 0.151 e. The third kappa shape index (κ3) is 16.1. The first-order valence-electron chi connectivity index (χ1n) is 50.8. The highest BCUT2D eigenvalue weighted by atomic mass is 16.5. The third-order valence-corrected chi connectivity index (χ3v) is 30.3. The summed E-state index contributed by atoms with van der Waals surface area (Å²) in [5.74, 6) is 1.83. The van der Waals surface area contributed by atoms with Crippen LogP contribution in [-0.2, 0) is 46.1 Å². The summed E-state index contributed by atoms with van der Waals surface area (Å²) in [7, 11) is 12.8. The minimum Gasteiger partial charge on any atom is -0.453 e. The van der Waals surface area contributed by atoms with Gasteiger partial charge in [0.15, 0.2) is 11.5 Å². The number of para-hydroxylation sites is 13. The van der Waals surface area contributed by atoms with E-state index in [1.807, 2.05) is 48.8 Å². The first-order chi connectivity index (χ1) is 71.5. The van der Waals surface area contributed by atoms with E-state index in [9.17, 15) is 0 Å². The van der Waals surface area contributed by atoms with E-state index >= 15 is 0 Å². The molecule has 1 aliphatic heterocycles. The maximum Gasteiger partial charge on any atom is 0.151 e. The number of hydrogen-bond donors (Lipinski definition) is 0. The second-order valence-corrected chi connectivity index (χ2v) is 41.2. The molecule has 0 fully saturated rings. The summed E-state index contributed by atoms with van der Waals surface area (Å²) >= 11 is 0. The van der Waals surface area contributed by atoms with Gasteiger partial charge in [-0.3, -0.25) is 4.98 Å². The monoisotopic (exact) mass is 1910 g/mol. The van der Waals surface area contributed by atoms with Crippen LogP contribution in [0.15, 0.2) is 443 Å². The highest BCUT2D eigenvalue weighted by Crippen LogP contribution is 2.48. The summed E-state index contributed by atoms with van der Waals surface area (Å²) in [4.78, 5) is 8.64. The van der Waals surface area contributed by atoms with Crippen LogP contribution >= 0.6 is 0 Å². The summed E-state index contributed by atoms with van der Waals surface area (Å²) < 4.78 is 24.4. The molecule has 0 saturated heterocycles. The van der Waals surface area contributed by atoms with Gasteiger partial charge in [-0.2, -0.15) is 0 Å². The fourth-order valence-corrected chi connectivity index (χ4v) is 22.6. The fraction of sp³-hybridized carbons (Fsp3) is 0.119. The van der Waals surface area contributed by atoms with Crippen molar-refractivity contribution in [2.45, 2.75) is 66.2 Å². The van der Waals surface area contributed by atoms with Crippen molar-refractivity contribution < 1.29 is 4.74 Å². The maximum atomic E-state index is 5.81. The van der Waals surface area contributed by atoms with Crippen LogP contribution in [0.3, 0.4) is 0 Å². The third-order valence-electron chi connectivity index (χ3n) is 30.3. The van der Waals surface area contributed by atoms with Crippen LogP contribution in [0.5, 0.6) is 11.5 Å². The van der Waals surface area contributed by atoms with Crippen molar-refractivity contribution in [3.63, 3.8) is 0 Å². The van der Waals surface area contributed by atoms with Gasteiger partial charge in [0.1, 0.15) is 0 Å². The van der Waals surface area contributed by atoms with Crippen molar-refractivity contribution in [2.24, 2.45) is 35.2 Å². The largest absolute Gasteiger partial charge is 0.453 e. The Hall–Kier alpha value is -17.9. The maximum absolute atomic E-state index is 5.81. The highest BCUT2D eigenvalue weighted by molar-refractivity contribution is 6.17. The van der Waals surface area contributed by atoms with Gasteiger partial charge < -0.3 is 51.1 Å². The molecule has 0 amide bonds. The minimum absolute atomic E-state index is 0.179. The number of hydrogen-bond acceptors (Lipinski definition) is 4. The van der Waals surface area contributed by atoms with Crippen LogP contribution in [0.4, 0.5) is 28.4 Å². The lowest BCUT2D eigenvalue weighted by molar-refractivity contribution is 0.475. The van der Waals surface area contributed by atoms with Gasteiger partial charge in [-0.05, 0) is 242 Å². The van der Waals surface area contributed by atoms with E-state index in [1.165, 1.54) is 231 Å². The second kappa shape index (κ2) is 36.8. The van der Waals surface area contributed by atoms with Gasteiger partial charge in [-0.1, -0.05) is 277 Å². The average Bonchev–Trinajstić information content (AvgIpc) is 1.57. The number of rotatable bonds is 6. The minimum atomic E-state index is 0.179. The van der Waals surface area contributed by atoms with Gasteiger partial charge in [0.25, 0.3) is 0 Å². The standard InChI is InChI=1S/C37H25N3.C27H24N2.C25H18N2.C21H27N.C13H11NO.C12H10N2/c1-38-32-20-18-24(39-34-14-6-2-10-26(34)27-11-3-7-15-35(27)39)22-30(32)31-23-25(19-21-33(31)38)40-36-16-8-4-12-28(36)29-13-5-9-17-37(29)40;1-19-8-12-21(13-9-19)29(22-14-10-20(2)11-15-22)23-16-17-27-25(18-23)24-6-4-5-7-26(24)28(27)3;1-26-22-11-5-2-10-20(22)21-16-17(14-15-23(21)26)27-24-12-6-3-8-18(24)19-9-4-7-13-25(19)27;1-20(2,3)14-8-10-18-16(12-14)17-13-15(21(4,5)6)9-11-19(17)22(18)7;1-14-10-6-2-4-8-12(10)15-13-9-5-3-7-11(13)14;1-14-11-5-3-2-4-9(11)10-8-13-7-6-12(10)14/h2-23H,1H3;4-18H,1-3H3;2-16H,1H3;8-13H,1-7H3;2-9H,1H3;2-8H,1H3. The molecule has 0 radical (unpaired) electrons. The zero-order valence-electron chi connectivity index (χ0n) is 85.5. The molecular weight excluding hydrogens is 1790 g/mol. The van der Waals surface area contributed by atoms with Gasteiger partial charge in [0.05, 0.1) is 50.0 Å². The summed E-state index contributed by atoms with van der Waals surface area (Å²) in [6.45, 7) is 17.9. The van der Waals surface area contributed by atoms with Gasteiger partial charge in [0.2, 0.25) is 0 Å². The van der Waals surface area contributed by atoms with Crippen LogP contribution in [0.25, 0.3) is 192 Å². The van der Waals surface area contributed by atoms with Gasteiger partial charge in [0, 0.05) is 225 Å². The van der Waals surface area contributed by atoms with Gasteiger partial charge in [-0.15, -0.1) is 0 Å². The SMILES string of the molecule is CN1c2ccccc2Oc2ccccc21.Cc1ccc(N(c2ccc(C)cc2)c2ccc3c(c2)c2ccccc2n3C)cc1.Cn1c2ccc(-n3c4ccccc4c4ccccc43)cc2c2cc(-n3c4ccccc4c4ccccc43)ccc21.Cn1c2ccc(C(C)(C)C)cc2c2cc(C(C)(C)C)ccc21.Cn1c2ccccc2c2cc(-n3c4ccccc4c4ccccc43)ccc21.Cn1c2ccccc2c2cnccc21. The molecule has 147 heavy (non-hydrogen) atoms. The normalized spacial score (nSPS) is 12.1. The average molecular weight is 1910 g/mol. The Balaban J connectivity index is 0.0000000976. The molecular formula is C135H115N11O. The van der Waals surface area contributed by atoms with Crippen LogP contribution in [-0.4, -0.2) is 48.6 Å². The molecule has 0 spiro atoms. The number of pyridine rings is 1. The molecule has 0 bridgehead atoms. The Kier molecular flexibility index (Phi) is 22.9. The molecule has 12 heteroatoms.